The first-order valence-electron chi connectivity index (χ1n) is 10.1. The average molecular weight is 408 g/mol. The van der Waals surface area contributed by atoms with E-state index in [2.05, 4.69) is 0 Å². The van der Waals surface area contributed by atoms with Crippen molar-refractivity contribution >= 4 is 17.4 Å². The zero-order valence-corrected chi connectivity index (χ0v) is 17.4. The largest absolute Gasteiger partial charge is 0.486 e. The highest BCUT2D eigenvalue weighted by atomic mass is 16.6. The Balaban J connectivity index is 1.49. The molecule has 0 N–H and O–H groups in total. The zero-order chi connectivity index (χ0) is 21.6. The Kier molecular flexibility index (Phi) is 4.84. The van der Waals surface area contributed by atoms with E-state index in [1.807, 2.05) is 26.0 Å². The number of benzene rings is 2. The van der Waals surface area contributed by atoms with Gasteiger partial charge in [-0.15, -0.1) is 0 Å². The Hall–Kier alpha value is -3.22. The van der Waals surface area contributed by atoms with E-state index in [0.717, 1.165) is 11.1 Å². The van der Waals surface area contributed by atoms with Crippen LogP contribution in [0, 0.1) is 30.9 Å². The van der Waals surface area contributed by atoms with Crippen LogP contribution in [0.15, 0.2) is 30.3 Å². The molecule has 1 spiro atoms. The third-order valence-corrected chi connectivity index (χ3v) is 6.31. The summed E-state index contributed by atoms with van der Waals surface area (Å²) in [5.41, 5.74) is 3.12. The first-order valence-corrected chi connectivity index (χ1v) is 10.1. The first-order chi connectivity index (χ1) is 14.2. The topological polar surface area (TPSA) is 89.8 Å². The quantitative estimate of drug-likeness (QED) is 0.550. The Morgan fingerprint density at radius 2 is 1.73 bits per heavy atom. The fraction of sp³-hybridized carbons (Fsp3) is 0.391. The molecule has 0 aromatic heterocycles. The molecule has 7 nitrogen and oxygen atoms in total. The van der Waals surface area contributed by atoms with Gasteiger partial charge in [-0.3, -0.25) is 19.7 Å². The van der Waals surface area contributed by atoms with Gasteiger partial charge in [0.15, 0.2) is 5.78 Å². The van der Waals surface area contributed by atoms with Crippen molar-refractivity contribution < 1.29 is 19.2 Å². The smallest absolute Gasteiger partial charge is 0.272 e. The molecular weight excluding hydrogens is 384 g/mol. The van der Waals surface area contributed by atoms with Crippen LogP contribution >= 0.6 is 0 Å². The molecule has 2 aromatic rings. The number of Topliss-reactive ketones (excluding diaryl/α,β-unsaturated/α-hetero) is 1. The minimum Gasteiger partial charge on any atom is -0.486 e. The number of fused-ring (bicyclic) bond motifs is 1. The van der Waals surface area contributed by atoms with Crippen molar-refractivity contribution in [2.24, 2.45) is 0 Å². The molecule has 4 rings (SSSR count). The minimum atomic E-state index is -0.575. The van der Waals surface area contributed by atoms with Gasteiger partial charge in [0.05, 0.1) is 16.9 Å². The molecule has 0 aliphatic carbocycles. The number of amides is 1. The number of ketones is 1. The molecule has 0 atom stereocenters. The average Bonchev–Trinajstić information content (AvgIpc) is 2.69. The number of nitrogens with zero attached hydrogens (tertiary/aromatic N) is 2. The zero-order valence-electron chi connectivity index (χ0n) is 17.4. The Morgan fingerprint density at radius 1 is 1.07 bits per heavy atom. The van der Waals surface area contributed by atoms with Gasteiger partial charge in [0.25, 0.3) is 11.6 Å². The standard InChI is InChI=1S/C23H24N2O5/c1-14-11-18-20(26)13-23(30-21(18)12-15(14)2)6-8-24(9-7-23)22(27)17-4-5-19(25(28)29)16(3)10-17/h4-5,10-12H,6-9,13H2,1-3H3. The first kappa shape index (κ1) is 20.1. The van der Waals surface area contributed by atoms with E-state index in [0.29, 0.717) is 54.8 Å². The highest BCUT2D eigenvalue weighted by molar-refractivity contribution is 6.01. The molecular formula is C23H24N2O5. The molecule has 0 saturated carbocycles. The molecule has 7 heteroatoms. The van der Waals surface area contributed by atoms with Crippen molar-refractivity contribution in [2.45, 2.75) is 45.6 Å². The second kappa shape index (κ2) is 7.23. The Bertz CT molecular complexity index is 1070. The van der Waals surface area contributed by atoms with Gasteiger partial charge >= 0.3 is 0 Å². The van der Waals surface area contributed by atoms with Crippen molar-refractivity contribution in [3.63, 3.8) is 0 Å². The van der Waals surface area contributed by atoms with Crippen LogP contribution < -0.4 is 4.74 Å². The van der Waals surface area contributed by atoms with Crippen LogP contribution in [0.3, 0.4) is 0 Å². The summed E-state index contributed by atoms with van der Waals surface area (Å²) in [4.78, 5) is 37.9. The number of carbonyl (C=O) groups is 2. The van der Waals surface area contributed by atoms with E-state index in [1.54, 1.807) is 17.9 Å². The molecule has 1 fully saturated rings. The summed E-state index contributed by atoms with van der Waals surface area (Å²) in [5.74, 6) is 0.571. The SMILES string of the molecule is Cc1cc2c(cc1C)C(=O)CC1(CCN(C(=O)c3ccc([N+](=O)[O-])c(C)c3)CC1)O2. The molecule has 0 radical (unpaired) electrons. The van der Waals surface area contributed by atoms with Crippen LogP contribution in [0.1, 0.15) is 56.7 Å². The number of hydrogen-bond acceptors (Lipinski definition) is 5. The lowest BCUT2D eigenvalue weighted by molar-refractivity contribution is -0.385. The molecule has 0 bridgehead atoms. The van der Waals surface area contributed by atoms with E-state index in [-0.39, 0.29) is 17.4 Å². The number of piperidine rings is 1. The summed E-state index contributed by atoms with van der Waals surface area (Å²) in [6.45, 7) is 6.56. The van der Waals surface area contributed by atoms with Crippen LogP contribution in [0.2, 0.25) is 0 Å². The van der Waals surface area contributed by atoms with Crippen molar-refractivity contribution in [1.29, 1.82) is 0 Å². The van der Waals surface area contributed by atoms with E-state index in [4.69, 9.17) is 4.74 Å². The molecule has 2 heterocycles. The van der Waals surface area contributed by atoms with Gasteiger partial charge < -0.3 is 9.64 Å². The molecule has 0 unspecified atom stereocenters. The van der Waals surface area contributed by atoms with Gasteiger partial charge in [0.1, 0.15) is 11.4 Å². The normalized spacial score (nSPS) is 17.4. The molecule has 2 aliphatic heterocycles. The van der Waals surface area contributed by atoms with E-state index in [1.165, 1.54) is 12.1 Å². The molecule has 1 saturated heterocycles. The van der Waals surface area contributed by atoms with Crippen molar-refractivity contribution in [1.82, 2.24) is 4.90 Å². The minimum absolute atomic E-state index is 0.00228. The maximum absolute atomic E-state index is 12.9. The number of carbonyl (C=O) groups excluding carboxylic acids is 2. The van der Waals surface area contributed by atoms with Crippen LogP contribution in [0.4, 0.5) is 5.69 Å². The number of likely N-dealkylation sites (tertiary alicyclic amines) is 1. The lowest BCUT2D eigenvalue weighted by atomic mass is 9.81. The highest BCUT2D eigenvalue weighted by Crippen LogP contribution is 2.40. The lowest BCUT2D eigenvalue weighted by Crippen LogP contribution is -2.52. The fourth-order valence-corrected chi connectivity index (χ4v) is 4.32. The molecule has 30 heavy (non-hydrogen) atoms. The summed E-state index contributed by atoms with van der Waals surface area (Å²) in [6, 6.07) is 8.26. The maximum Gasteiger partial charge on any atom is 0.272 e. The Morgan fingerprint density at radius 3 is 2.37 bits per heavy atom. The van der Waals surface area contributed by atoms with Gasteiger partial charge in [-0.25, -0.2) is 0 Å². The molecule has 2 aliphatic rings. The van der Waals surface area contributed by atoms with Gasteiger partial charge in [-0.05, 0) is 56.2 Å². The van der Waals surface area contributed by atoms with Crippen molar-refractivity contribution in [3.05, 3.63) is 68.3 Å². The van der Waals surface area contributed by atoms with Crippen LogP contribution in [0.25, 0.3) is 0 Å². The van der Waals surface area contributed by atoms with Crippen LogP contribution in [0.5, 0.6) is 5.75 Å². The summed E-state index contributed by atoms with van der Waals surface area (Å²) < 4.78 is 6.33. The predicted molar refractivity (Wildman–Crippen MR) is 111 cm³/mol. The number of aryl methyl sites for hydroxylation is 3. The van der Waals surface area contributed by atoms with Gasteiger partial charge in [-0.2, -0.15) is 0 Å². The van der Waals surface area contributed by atoms with Gasteiger partial charge in [-0.1, -0.05) is 0 Å². The van der Waals surface area contributed by atoms with Crippen molar-refractivity contribution in [3.8, 4) is 5.75 Å². The summed E-state index contributed by atoms with van der Waals surface area (Å²) in [6.07, 6.45) is 1.47. The number of nitro groups is 1. The fourth-order valence-electron chi connectivity index (χ4n) is 4.32. The number of hydrogen-bond donors (Lipinski definition) is 0. The molecule has 156 valence electrons. The number of rotatable bonds is 2. The van der Waals surface area contributed by atoms with E-state index < -0.39 is 10.5 Å². The summed E-state index contributed by atoms with van der Waals surface area (Å²) in [7, 11) is 0. The predicted octanol–water partition coefficient (Wildman–Crippen LogP) is 4.16. The second-order valence-corrected chi connectivity index (χ2v) is 8.37. The van der Waals surface area contributed by atoms with Crippen LogP contribution in [-0.2, 0) is 0 Å². The lowest BCUT2D eigenvalue weighted by Gasteiger charge is -2.44. The number of nitro benzene ring substituents is 1. The van der Waals surface area contributed by atoms with Crippen molar-refractivity contribution in [2.75, 3.05) is 13.1 Å². The van der Waals surface area contributed by atoms with Gasteiger partial charge in [0.2, 0.25) is 0 Å². The molecule has 2 aromatic carbocycles. The van der Waals surface area contributed by atoms with E-state index in [9.17, 15) is 19.7 Å². The number of ether oxygens (including phenoxy) is 1. The summed E-state index contributed by atoms with van der Waals surface area (Å²) in [5, 5.41) is 11.0. The van der Waals surface area contributed by atoms with Crippen LogP contribution in [-0.4, -0.2) is 40.2 Å². The third-order valence-electron chi connectivity index (χ3n) is 6.31. The maximum atomic E-state index is 12.9. The van der Waals surface area contributed by atoms with E-state index >= 15 is 0 Å². The second-order valence-electron chi connectivity index (χ2n) is 8.37. The summed E-state index contributed by atoms with van der Waals surface area (Å²) >= 11 is 0. The monoisotopic (exact) mass is 408 g/mol. The third kappa shape index (κ3) is 3.44. The molecule has 1 amide bonds. The van der Waals surface area contributed by atoms with Gasteiger partial charge in [0, 0.05) is 43.1 Å². The Labute approximate surface area is 174 Å². The highest BCUT2D eigenvalue weighted by Gasteiger charge is 2.44.